The molecule has 1 aliphatic carbocycles. The second-order valence-corrected chi connectivity index (χ2v) is 16.4. The van der Waals surface area contributed by atoms with Gasteiger partial charge in [-0.2, -0.15) is 0 Å². The Labute approximate surface area is 347 Å². The maximum absolute atomic E-state index is 6.46. The third-order valence-electron chi connectivity index (χ3n) is 12.5. The third kappa shape index (κ3) is 5.41. The predicted molar refractivity (Wildman–Crippen MR) is 247 cm³/mol. The van der Waals surface area contributed by atoms with E-state index in [1.807, 2.05) is 18.2 Å². The van der Waals surface area contributed by atoms with Gasteiger partial charge in [-0.1, -0.05) is 172 Å². The van der Waals surface area contributed by atoms with E-state index in [0.29, 0.717) is 17.5 Å². The zero-order valence-corrected chi connectivity index (χ0v) is 33.1. The molecule has 11 aromatic rings. The number of nitrogens with zero attached hydrogens (tertiary/aromatic N) is 3. The molecule has 0 saturated carbocycles. The first-order chi connectivity index (χ1) is 29.5. The summed E-state index contributed by atoms with van der Waals surface area (Å²) >= 11 is 0. The molecular formula is C56H37N3O. The van der Waals surface area contributed by atoms with Crippen LogP contribution in [-0.2, 0) is 5.41 Å². The molecule has 2 aromatic heterocycles. The van der Waals surface area contributed by atoms with Crippen LogP contribution in [0.5, 0.6) is 0 Å². The lowest BCUT2D eigenvalue weighted by molar-refractivity contribution is 0.660. The van der Waals surface area contributed by atoms with Crippen molar-refractivity contribution in [3.8, 4) is 67.5 Å². The summed E-state index contributed by atoms with van der Waals surface area (Å²) < 4.78 is 6.46. The van der Waals surface area contributed by atoms with E-state index in [-0.39, 0.29) is 5.41 Å². The van der Waals surface area contributed by atoms with Crippen molar-refractivity contribution in [1.82, 2.24) is 15.0 Å². The van der Waals surface area contributed by atoms with Crippen molar-refractivity contribution in [2.75, 3.05) is 0 Å². The van der Waals surface area contributed by atoms with Crippen molar-refractivity contribution in [3.63, 3.8) is 0 Å². The van der Waals surface area contributed by atoms with Crippen LogP contribution in [0.4, 0.5) is 0 Å². The Kier molecular flexibility index (Phi) is 7.54. The van der Waals surface area contributed by atoms with Crippen molar-refractivity contribution >= 4 is 43.5 Å². The minimum atomic E-state index is -0.0751. The molecule has 0 fully saturated rings. The summed E-state index contributed by atoms with van der Waals surface area (Å²) in [5.41, 5.74) is 14.2. The Morgan fingerprint density at radius 1 is 0.350 bits per heavy atom. The second kappa shape index (κ2) is 13.2. The fourth-order valence-electron chi connectivity index (χ4n) is 9.45. The molecule has 0 saturated heterocycles. The molecule has 9 aromatic carbocycles. The van der Waals surface area contributed by atoms with Crippen LogP contribution < -0.4 is 0 Å². The molecule has 0 aliphatic heterocycles. The predicted octanol–water partition coefficient (Wildman–Crippen LogP) is 14.7. The number of rotatable bonds is 5. The molecule has 2 heterocycles. The molecule has 282 valence electrons. The normalized spacial score (nSPS) is 13.0. The Morgan fingerprint density at radius 3 is 1.80 bits per heavy atom. The van der Waals surface area contributed by atoms with E-state index >= 15 is 0 Å². The zero-order valence-electron chi connectivity index (χ0n) is 33.1. The SMILES string of the molecule is CC1(C)c2ccccc2-c2cc(-c3nc(-c4ccccc4)nc(-c4ccc(-c5cccc6oc7ccc(-c8ccc9c(ccc%10ccccc%109)c8)cc7c56)cc4)n3)ccc21. The molecule has 0 amide bonds. The highest BCUT2D eigenvalue weighted by Gasteiger charge is 2.35. The summed E-state index contributed by atoms with van der Waals surface area (Å²) in [5.74, 6) is 1.93. The molecule has 0 unspecified atom stereocenters. The van der Waals surface area contributed by atoms with Crippen LogP contribution in [0.25, 0.3) is 111 Å². The second-order valence-electron chi connectivity index (χ2n) is 16.4. The third-order valence-corrected chi connectivity index (χ3v) is 12.5. The van der Waals surface area contributed by atoms with E-state index in [2.05, 4.69) is 184 Å². The van der Waals surface area contributed by atoms with Gasteiger partial charge < -0.3 is 4.42 Å². The molecule has 0 N–H and O–H groups in total. The summed E-state index contributed by atoms with van der Waals surface area (Å²) in [6.07, 6.45) is 0. The molecule has 0 spiro atoms. The Balaban J connectivity index is 0.938. The van der Waals surface area contributed by atoms with Gasteiger partial charge in [0.25, 0.3) is 0 Å². The quantitative estimate of drug-likeness (QED) is 0.164. The molecule has 0 radical (unpaired) electrons. The number of hydrogen-bond donors (Lipinski definition) is 0. The number of hydrogen-bond acceptors (Lipinski definition) is 4. The van der Waals surface area contributed by atoms with Gasteiger partial charge in [0.15, 0.2) is 17.5 Å². The number of aromatic nitrogens is 3. The van der Waals surface area contributed by atoms with Crippen LogP contribution in [0.3, 0.4) is 0 Å². The van der Waals surface area contributed by atoms with Crippen LogP contribution in [0.1, 0.15) is 25.0 Å². The van der Waals surface area contributed by atoms with E-state index in [4.69, 9.17) is 19.4 Å². The Morgan fingerprint density at radius 2 is 0.950 bits per heavy atom. The van der Waals surface area contributed by atoms with Crippen molar-refractivity contribution < 1.29 is 4.42 Å². The average molecular weight is 768 g/mol. The fraction of sp³-hybridized carbons (Fsp3) is 0.0536. The van der Waals surface area contributed by atoms with E-state index < -0.39 is 0 Å². The van der Waals surface area contributed by atoms with Gasteiger partial charge in [0.2, 0.25) is 0 Å². The van der Waals surface area contributed by atoms with E-state index in [1.54, 1.807) is 0 Å². The summed E-state index contributed by atoms with van der Waals surface area (Å²) in [4.78, 5) is 15.3. The largest absolute Gasteiger partial charge is 0.456 e. The first kappa shape index (κ1) is 34.4. The van der Waals surface area contributed by atoms with Crippen LogP contribution in [0.2, 0.25) is 0 Å². The standard InChI is InChI=1S/C56H37N3O/c1-56(2)48-17-9-8-15-45(48)46-33-41(26-29-49(46)56)55-58-53(36-12-4-3-5-13-36)57-54(59-55)37-22-19-35(20-23-37)44-16-10-18-51-52(44)47-32-39(27-30-50(47)60-51)38-25-28-43-40(31-38)24-21-34-11-6-7-14-42(34)43/h3-33H,1-2H3. The monoisotopic (exact) mass is 767 g/mol. The Bertz CT molecular complexity index is 3510. The van der Waals surface area contributed by atoms with Crippen molar-refractivity contribution in [2.24, 2.45) is 0 Å². The van der Waals surface area contributed by atoms with Crippen LogP contribution in [0.15, 0.2) is 192 Å². The van der Waals surface area contributed by atoms with E-state index in [0.717, 1.165) is 55.3 Å². The summed E-state index contributed by atoms with van der Waals surface area (Å²) in [6, 6.07) is 66.8. The van der Waals surface area contributed by atoms with Gasteiger partial charge >= 0.3 is 0 Å². The summed E-state index contributed by atoms with van der Waals surface area (Å²) in [6.45, 7) is 4.60. The maximum atomic E-state index is 6.46. The van der Waals surface area contributed by atoms with E-state index in [9.17, 15) is 0 Å². The molecule has 12 rings (SSSR count). The molecular weight excluding hydrogens is 731 g/mol. The van der Waals surface area contributed by atoms with Crippen LogP contribution in [-0.4, -0.2) is 15.0 Å². The molecule has 1 aliphatic rings. The minimum absolute atomic E-state index is 0.0751. The highest BCUT2D eigenvalue weighted by Crippen LogP contribution is 2.49. The summed E-state index contributed by atoms with van der Waals surface area (Å²) in [7, 11) is 0. The molecule has 0 atom stereocenters. The Hall–Kier alpha value is -7.69. The first-order valence-electron chi connectivity index (χ1n) is 20.5. The van der Waals surface area contributed by atoms with E-state index in [1.165, 1.54) is 49.4 Å². The topological polar surface area (TPSA) is 51.8 Å². The lowest BCUT2D eigenvalue weighted by Crippen LogP contribution is -2.14. The van der Waals surface area contributed by atoms with Gasteiger partial charge in [-0.15, -0.1) is 0 Å². The smallest absolute Gasteiger partial charge is 0.164 e. The van der Waals surface area contributed by atoms with Gasteiger partial charge in [-0.25, -0.2) is 15.0 Å². The van der Waals surface area contributed by atoms with Crippen LogP contribution >= 0.6 is 0 Å². The average Bonchev–Trinajstić information content (AvgIpc) is 3.80. The maximum Gasteiger partial charge on any atom is 0.164 e. The first-order valence-corrected chi connectivity index (χ1v) is 20.5. The number of furan rings is 1. The molecule has 4 heteroatoms. The van der Waals surface area contributed by atoms with Crippen molar-refractivity contribution in [2.45, 2.75) is 19.3 Å². The molecule has 0 bridgehead atoms. The lowest BCUT2D eigenvalue weighted by atomic mass is 9.82. The minimum Gasteiger partial charge on any atom is -0.456 e. The van der Waals surface area contributed by atoms with Gasteiger partial charge in [0, 0.05) is 32.9 Å². The highest BCUT2D eigenvalue weighted by atomic mass is 16.3. The molecule has 4 nitrogen and oxygen atoms in total. The summed E-state index contributed by atoms with van der Waals surface area (Å²) in [5, 5.41) is 7.22. The number of benzene rings is 9. The van der Waals surface area contributed by atoms with Crippen molar-refractivity contribution in [3.05, 3.63) is 199 Å². The number of fused-ring (bicyclic) bond motifs is 9. The zero-order chi connectivity index (χ0) is 40.0. The van der Waals surface area contributed by atoms with Crippen molar-refractivity contribution in [1.29, 1.82) is 0 Å². The van der Waals surface area contributed by atoms with Gasteiger partial charge in [0.05, 0.1) is 0 Å². The van der Waals surface area contributed by atoms with Gasteiger partial charge in [-0.3, -0.25) is 0 Å². The van der Waals surface area contributed by atoms with Crippen LogP contribution in [0, 0.1) is 0 Å². The fourth-order valence-corrected chi connectivity index (χ4v) is 9.45. The molecule has 60 heavy (non-hydrogen) atoms. The highest BCUT2D eigenvalue weighted by molar-refractivity contribution is 6.14. The van der Waals surface area contributed by atoms with Gasteiger partial charge in [0.1, 0.15) is 11.2 Å². The lowest BCUT2D eigenvalue weighted by Gasteiger charge is -2.21. The van der Waals surface area contributed by atoms with Gasteiger partial charge in [-0.05, 0) is 96.4 Å².